The molecule has 4 heteroatoms. The van der Waals surface area contributed by atoms with Crippen molar-refractivity contribution >= 4 is 5.97 Å². The smallest absolute Gasteiger partial charge is 0.323 e. The molecule has 0 aromatic carbocycles. The number of methoxy groups -OCH3 is 1. The Labute approximate surface area is 77.6 Å². The Balaban J connectivity index is 2.11. The van der Waals surface area contributed by atoms with Crippen LogP contribution in [0.3, 0.4) is 0 Å². The lowest BCUT2D eigenvalue weighted by Crippen LogP contribution is -2.68. The maximum absolute atomic E-state index is 11.4. The second-order valence-electron chi connectivity index (χ2n) is 3.83. The highest BCUT2D eigenvalue weighted by molar-refractivity contribution is 5.78. The van der Waals surface area contributed by atoms with E-state index >= 15 is 0 Å². The van der Waals surface area contributed by atoms with Crippen molar-refractivity contribution in [3.63, 3.8) is 0 Å². The van der Waals surface area contributed by atoms with Crippen LogP contribution >= 0.6 is 0 Å². The highest BCUT2D eigenvalue weighted by Crippen LogP contribution is 2.43. The maximum atomic E-state index is 11.4. The first-order valence-electron chi connectivity index (χ1n) is 4.63. The lowest BCUT2D eigenvalue weighted by Gasteiger charge is -2.47. The summed E-state index contributed by atoms with van der Waals surface area (Å²) >= 11 is 0. The van der Waals surface area contributed by atoms with Gasteiger partial charge in [-0.25, -0.2) is 0 Å². The van der Waals surface area contributed by atoms with Gasteiger partial charge in [0.1, 0.15) is 6.04 Å². The number of ether oxygens (including phenoxy) is 2. The standard InChI is InChI=1S/C9H15NO3/c1-6-9(3-4-13-6)5-10-7(9)8(11)12-2/h6-7,10H,3-5H2,1-2H3/t6-,7+,9+/m1/s1. The number of hydrogen-bond acceptors (Lipinski definition) is 4. The normalized spacial score (nSPS) is 43.2. The van der Waals surface area contributed by atoms with Crippen molar-refractivity contribution in [3.8, 4) is 0 Å². The van der Waals surface area contributed by atoms with Gasteiger partial charge >= 0.3 is 5.97 Å². The number of hydrogen-bond donors (Lipinski definition) is 1. The van der Waals surface area contributed by atoms with Gasteiger partial charge in [-0.3, -0.25) is 4.79 Å². The molecule has 2 heterocycles. The maximum Gasteiger partial charge on any atom is 0.323 e. The summed E-state index contributed by atoms with van der Waals surface area (Å²) < 4.78 is 10.2. The van der Waals surface area contributed by atoms with Crippen LogP contribution < -0.4 is 5.32 Å². The van der Waals surface area contributed by atoms with Crippen LogP contribution in [-0.2, 0) is 14.3 Å². The number of carbonyl (C=O) groups is 1. The van der Waals surface area contributed by atoms with Crippen molar-refractivity contribution in [2.24, 2.45) is 5.41 Å². The summed E-state index contributed by atoms with van der Waals surface area (Å²) in [6, 6.07) is -0.157. The Hall–Kier alpha value is -0.610. The van der Waals surface area contributed by atoms with E-state index < -0.39 is 0 Å². The molecule has 0 bridgehead atoms. The summed E-state index contributed by atoms with van der Waals surface area (Å²) in [5, 5.41) is 3.10. The Morgan fingerprint density at radius 3 is 2.85 bits per heavy atom. The molecule has 1 spiro atoms. The van der Waals surface area contributed by atoms with Crippen molar-refractivity contribution < 1.29 is 14.3 Å². The molecule has 2 fully saturated rings. The molecular weight excluding hydrogens is 170 g/mol. The highest BCUT2D eigenvalue weighted by Gasteiger charge is 2.57. The highest BCUT2D eigenvalue weighted by atomic mass is 16.5. The second kappa shape index (κ2) is 2.96. The van der Waals surface area contributed by atoms with Crippen LogP contribution in [0.5, 0.6) is 0 Å². The molecule has 1 N–H and O–H groups in total. The third kappa shape index (κ3) is 1.09. The van der Waals surface area contributed by atoms with Gasteiger partial charge in [-0.15, -0.1) is 0 Å². The van der Waals surface area contributed by atoms with Crippen molar-refractivity contribution in [3.05, 3.63) is 0 Å². The second-order valence-corrected chi connectivity index (χ2v) is 3.83. The topological polar surface area (TPSA) is 47.6 Å². The first-order chi connectivity index (χ1) is 6.20. The Morgan fingerprint density at radius 2 is 2.46 bits per heavy atom. The van der Waals surface area contributed by atoms with Crippen LogP contribution in [0.15, 0.2) is 0 Å². The van der Waals surface area contributed by atoms with Gasteiger partial charge < -0.3 is 14.8 Å². The molecular formula is C9H15NO3. The van der Waals surface area contributed by atoms with Crippen LogP contribution in [0.2, 0.25) is 0 Å². The molecule has 2 rings (SSSR count). The first kappa shape index (κ1) is 8.97. The lowest BCUT2D eigenvalue weighted by molar-refractivity contribution is -0.154. The van der Waals surface area contributed by atoms with E-state index in [1.54, 1.807) is 0 Å². The van der Waals surface area contributed by atoms with E-state index in [1.807, 2.05) is 6.92 Å². The molecule has 0 saturated carbocycles. The van der Waals surface area contributed by atoms with E-state index in [-0.39, 0.29) is 23.5 Å². The molecule has 0 aromatic rings. The predicted octanol–water partition coefficient (Wildman–Crippen LogP) is -0.0736. The fraction of sp³-hybridized carbons (Fsp3) is 0.889. The fourth-order valence-electron chi connectivity index (χ4n) is 2.31. The molecule has 0 amide bonds. The van der Waals surface area contributed by atoms with Crippen LogP contribution in [0.1, 0.15) is 13.3 Å². The zero-order valence-corrected chi connectivity index (χ0v) is 8.00. The van der Waals surface area contributed by atoms with Crippen molar-refractivity contribution in [1.29, 1.82) is 0 Å². The molecule has 2 aliphatic heterocycles. The summed E-state index contributed by atoms with van der Waals surface area (Å²) in [4.78, 5) is 11.4. The Bertz CT molecular complexity index is 231. The average molecular weight is 185 g/mol. The van der Waals surface area contributed by atoms with Crippen LogP contribution in [0.4, 0.5) is 0 Å². The van der Waals surface area contributed by atoms with Gasteiger partial charge in [-0.05, 0) is 13.3 Å². The predicted molar refractivity (Wildman–Crippen MR) is 46.3 cm³/mol. The summed E-state index contributed by atoms with van der Waals surface area (Å²) in [6.07, 6.45) is 1.12. The lowest BCUT2D eigenvalue weighted by atomic mass is 9.69. The SMILES string of the molecule is COC(=O)[C@@H]1NC[C@]12CCO[C@@H]2C. The average Bonchev–Trinajstić information content (AvgIpc) is 2.47. The minimum absolute atomic E-state index is 0.00704. The van der Waals surface area contributed by atoms with Crippen molar-refractivity contribution in [2.45, 2.75) is 25.5 Å². The van der Waals surface area contributed by atoms with E-state index in [1.165, 1.54) is 7.11 Å². The third-order valence-corrected chi connectivity index (χ3v) is 3.39. The summed E-state index contributed by atoms with van der Waals surface area (Å²) in [5.41, 5.74) is 0.00704. The summed E-state index contributed by atoms with van der Waals surface area (Å²) in [7, 11) is 1.43. The van der Waals surface area contributed by atoms with E-state index in [9.17, 15) is 4.79 Å². The monoisotopic (exact) mass is 185 g/mol. The molecule has 74 valence electrons. The van der Waals surface area contributed by atoms with E-state index in [0.29, 0.717) is 0 Å². The van der Waals surface area contributed by atoms with E-state index in [4.69, 9.17) is 9.47 Å². The van der Waals surface area contributed by atoms with E-state index in [2.05, 4.69) is 5.32 Å². The number of rotatable bonds is 1. The van der Waals surface area contributed by atoms with Gasteiger partial charge in [0.2, 0.25) is 0 Å². The number of nitrogens with one attached hydrogen (secondary N) is 1. The first-order valence-corrected chi connectivity index (χ1v) is 4.63. The quantitative estimate of drug-likeness (QED) is 0.581. The zero-order valence-electron chi connectivity index (χ0n) is 8.00. The fourth-order valence-corrected chi connectivity index (χ4v) is 2.31. The summed E-state index contributed by atoms with van der Waals surface area (Å²) in [5.74, 6) is -0.163. The molecule has 2 aliphatic rings. The van der Waals surface area contributed by atoms with Crippen LogP contribution in [0.25, 0.3) is 0 Å². The molecule has 2 saturated heterocycles. The van der Waals surface area contributed by atoms with Gasteiger partial charge in [0.05, 0.1) is 13.2 Å². The van der Waals surface area contributed by atoms with Gasteiger partial charge in [0.25, 0.3) is 0 Å². The third-order valence-electron chi connectivity index (χ3n) is 3.39. The minimum atomic E-state index is -0.163. The summed E-state index contributed by atoms with van der Waals surface area (Å²) in [6.45, 7) is 3.66. The zero-order chi connectivity index (χ0) is 9.47. The van der Waals surface area contributed by atoms with Crippen LogP contribution in [-0.4, -0.2) is 38.4 Å². The van der Waals surface area contributed by atoms with Crippen LogP contribution in [0, 0.1) is 5.41 Å². The van der Waals surface area contributed by atoms with Gasteiger partial charge in [0.15, 0.2) is 0 Å². The molecule has 0 unspecified atom stereocenters. The molecule has 0 aromatic heterocycles. The Morgan fingerprint density at radius 1 is 1.69 bits per heavy atom. The van der Waals surface area contributed by atoms with Crippen molar-refractivity contribution in [1.82, 2.24) is 5.32 Å². The Kier molecular flexibility index (Phi) is 2.04. The van der Waals surface area contributed by atoms with E-state index in [0.717, 1.165) is 19.6 Å². The van der Waals surface area contributed by atoms with Crippen molar-refractivity contribution in [2.75, 3.05) is 20.3 Å². The number of esters is 1. The molecule has 4 nitrogen and oxygen atoms in total. The number of carbonyl (C=O) groups excluding carboxylic acids is 1. The van der Waals surface area contributed by atoms with Gasteiger partial charge in [-0.1, -0.05) is 0 Å². The van der Waals surface area contributed by atoms with Gasteiger partial charge in [-0.2, -0.15) is 0 Å². The van der Waals surface area contributed by atoms with Gasteiger partial charge in [0, 0.05) is 18.6 Å². The minimum Gasteiger partial charge on any atom is -0.468 e. The largest absolute Gasteiger partial charge is 0.468 e. The molecule has 13 heavy (non-hydrogen) atoms. The molecule has 0 radical (unpaired) electrons. The molecule has 0 aliphatic carbocycles. The molecule has 3 atom stereocenters.